The molecule has 1 aliphatic heterocycles. The number of nitrogens with one attached hydrogen (secondary N) is 1. The summed E-state index contributed by atoms with van der Waals surface area (Å²) in [4.78, 5) is 4.17. The van der Waals surface area contributed by atoms with Crippen molar-refractivity contribution in [1.29, 1.82) is 5.26 Å². The predicted octanol–water partition coefficient (Wildman–Crippen LogP) is 1.54. The van der Waals surface area contributed by atoms with Gasteiger partial charge < -0.3 is 10.1 Å². The number of rotatable bonds is 2. The van der Waals surface area contributed by atoms with Crippen molar-refractivity contribution < 1.29 is 4.74 Å². The summed E-state index contributed by atoms with van der Waals surface area (Å²) >= 11 is 0. The molecule has 0 amide bonds. The Balaban J connectivity index is 2.20. The molecule has 0 aromatic carbocycles. The van der Waals surface area contributed by atoms with Gasteiger partial charge in [0.15, 0.2) is 0 Å². The van der Waals surface area contributed by atoms with Crippen LogP contribution in [0.2, 0.25) is 0 Å². The fourth-order valence-corrected chi connectivity index (χ4v) is 1.65. The molecule has 0 saturated carbocycles. The van der Waals surface area contributed by atoms with Gasteiger partial charge in [0, 0.05) is 12.8 Å². The van der Waals surface area contributed by atoms with Gasteiger partial charge in [-0.05, 0) is 25.5 Å². The maximum absolute atomic E-state index is 8.92. The Morgan fingerprint density at radius 3 is 3.20 bits per heavy atom. The van der Waals surface area contributed by atoms with Crippen LogP contribution in [0.15, 0.2) is 18.3 Å². The van der Waals surface area contributed by atoms with Gasteiger partial charge in [0.25, 0.3) is 0 Å². The molecule has 0 bridgehead atoms. The van der Waals surface area contributed by atoms with Crippen molar-refractivity contribution in [3.05, 3.63) is 23.9 Å². The highest BCUT2D eigenvalue weighted by atomic mass is 16.5. The highest BCUT2D eigenvalue weighted by molar-refractivity contribution is 5.52. The van der Waals surface area contributed by atoms with Crippen molar-refractivity contribution in [1.82, 2.24) is 4.98 Å². The second kappa shape index (κ2) is 3.87. The van der Waals surface area contributed by atoms with Gasteiger partial charge in [-0.3, -0.25) is 0 Å². The van der Waals surface area contributed by atoms with E-state index < -0.39 is 0 Å². The standard InChI is InChI=1S/C11H13N3O/c1-11(4-6-15-8-11)14-10-9(7-12)3-2-5-13-10/h2-3,5H,4,6,8H2,1H3,(H,13,14). The lowest BCUT2D eigenvalue weighted by Crippen LogP contribution is -2.35. The van der Waals surface area contributed by atoms with E-state index >= 15 is 0 Å². The van der Waals surface area contributed by atoms with Crippen molar-refractivity contribution in [2.75, 3.05) is 18.5 Å². The molecule has 1 unspecified atom stereocenters. The van der Waals surface area contributed by atoms with Crippen LogP contribution in [0.25, 0.3) is 0 Å². The van der Waals surface area contributed by atoms with E-state index in [-0.39, 0.29) is 5.54 Å². The number of anilines is 1. The second-order valence-electron chi connectivity index (χ2n) is 4.00. The highest BCUT2D eigenvalue weighted by Crippen LogP contribution is 2.24. The first-order valence-corrected chi connectivity index (χ1v) is 4.95. The normalized spacial score (nSPS) is 24.8. The topological polar surface area (TPSA) is 57.9 Å². The van der Waals surface area contributed by atoms with Crippen LogP contribution in [0.3, 0.4) is 0 Å². The van der Waals surface area contributed by atoms with Crippen LogP contribution in [0, 0.1) is 11.3 Å². The van der Waals surface area contributed by atoms with Crippen molar-refractivity contribution in [3.63, 3.8) is 0 Å². The minimum absolute atomic E-state index is 0.0973. The van der Waals surface area contributed by atoms with E-state index in [1.165, 1.54) is 0 Å². The zero-order chi connectivity index (χ0) is 10.7. The molecular formula is C11H13N3O. The lowest BCUT2D eigenvalue weighted by Gasteiger charge is -2.24. The molecule has 1 aromatic heterocycles. The van der Waals surface area contributed by atoms with E-state index in [4.69, 9.17) is 10.00 Å². The monoisotopic (exact) mass is 203 g/mol. The van der Waals surface area contributed by atoms with Crippen LogP contribution < -0.4 is 5.32 Å². The number of aromatic nitrogens is 1. The molecule has 4 nitrogen and oxygen atoms in total. The first-order valence-electron chi connectivity index (χ1n) is 4.95. The van der Waals surface area contributed by atoms with Crippen LogP contribution >= 0.6 is 0 Å². The number of nitriles is 1. The summed E-state index contributed by atoms with van der Waals surface area (Å²) < 4.78 is 5.33. The number of ether oxygens (including phenoxy) is 1. The maximum atomic E-state index is 8.92. The van der Waals surface area contributed by atoms with E-state index in [0.29, 0.717) is 18.0 Å². The molecule has 4 heteroatoms. The maximum Gasteiger partial charge on any atom is 0.144 e. The van der Waals surface area contributed by atoms with E-state index in [0.717, 1.165) is 13.0 Å². The molecule has 0 aliphatic carbocycles. The Labute approximate surface area is 88.9 Å². The van der Waals surface area contributed by atoms with Gasteiger partial charge in [0.1, 0.15) is 11.9 Å². The summed E-state index contributed by atoms with van der Waals surface area (Å²) in [7, 11) is 0. The molecule has 1 aliphatic rings. The molecule has 2 heterocycles. The van der Waals surface area contributed by atoms with Crippen LogP contribution in [0.5, 0.6) is 0 Å². The van der Waals surface area contributed by atoms with E-state index in [9.17, 15) is 0 Å². The van der Waals surface area contributed by atoms with Crippen molar-refractivity contribution in [2.45, 2.75) is 18.9 Å². The number of nitrogens with zero attached hydrogens (tertiary/aromatic N) is 2. The molecule has 0 radical (unpaired) electrons. The van der Waals surface area contributed by atoms with E-state index in [1.807, 2.05) is 0 Å². The molecule has 1 N–H and O–H groups in total. The van der Waals surface area contributed by atoms with Crippen molar-refractivity contribution in [3.8, 4) is 6.07 Å². The molecule has 2 rings (SSSR count). The lowest BCUT2D eigenvalue weighted by molar-refractivity contribution is 0.185. The zero-order valence-corrected chi connectivity index (χ0v) is 8.66. The Kier molecular flexibility index (Phi) is 2.57. The third kappa shape index (κ3) is 2.08. The van der Waals surface area contributed by atoms with E-state index in [1.54, 1.807) is 18.3 Å². The largest absolute Gasteiger partial charge is 0.379 e. The average molecular weight is 203 g/mol. The molecule has 0 spiro atoms. The van der Waals surface area contributed by atoms with Gasteiger partial charge in [0.2, 0.25) is 0 Å². The van der Waals surface area contributed by atoms with E-state index in [2.05, 4.69) is 23.3 Å². The quantitative estimate of drug-likeness (QED) is 0.792. The van der Waals surface area contributed by atoms with Gasteiger partial charge in [0.05, 0.1) is 17.7 Å². The fraction of sp³-hybridized carbons (Fsp3) is 0.455. The summed E-state index contributed by atoms with van der Waals surface area (Å²) in [6.07, 6.45) is 2.62. The van der Waals surface area contributed by atoms with Crippen LogP contribution in [-0.2, 0) is 4.74 Å². The summed E-state index contributed by atoms with van der Waals surface area (Å²) in [6.45, 7) is 3.50. The Morgan fingerprint density at radius 1 is 1.67 bits per heavy atom. The third-order valence-electron chi connectivity index (χ3n) is 2.57. The van der Waals surface area contributed by atoms with Gasteiger partial charge in [-0.1, -0.05) is 0 Å². The van der Waals surface area contributed by atoms with Crippen molar-refractivity contribution in [2.24, 2.45) is 0 Å². The first kappa shape index (κ1) is 9.94. The number of hydrogen-bond donors (Lipinski definition) is 1. The summed E-state index contributed by atoms with van der Waals surface area (Å²) in [6, 6.07) is 5.64. The summed E-state index contributed by atoms with van der Waals surface area (Å²) in [5.41, 5.74) is 0.477. The fourth-order valence-electron chi connectivity index (χ4n) is 1.65. The zero-order valence-electron chi connectivity index (χ0n) is 8.66. The highest BCUT2D eigenvalue weighted by Gasteiger charge is 2.30. The van der Waals surface area contributed by atoms with Gasteiger partial charge in [-0.2, -0.15) is 5.26 Å². The molecule has 1 fully saturated rings. The molecular weight excluding hydrogens is 190 g/mol. The third-order valence-corrected chi connectivity index (χ3v) is 2.57. The summed E-state index contributed by atoms with van der Waals surface area (Å²) in [5, 5.41) is 12.2. The predicted molar refractivity (Wildman–Crippen MR) is 56.4 cm³/mol. The molecule has 78 valence electrons. The smallest absolute Gasteiger partial charge is 0.144 e. The first-order chi connectivity index (χ1) is 7.23. The lowest BCUT2D eigenvalue weighted by atomic mass is 10.0. The number of pyridine rings is 1. The minimum atomic E-state index is -0.0973. The Morgan fingerprint density at radius 2 is 2.53 bits per heavy atom. The molecule has 1 saturated heterocycles. The average Bonchev–Trinajstić information content (AvgIpc) is 2.66. The molecule has 15 heavy (non-hydrogen) atoms. The second-order valence-corrected chi connectivity index (χ2v) is 4.00. The minimum Gasteiger partial charge on any atom is -0.379 e. The Bertz CT molecular complexity index is 391. The van der Waals surface area contributed by atoms with Crippen molar-refractivity contribution >= 4 is 5.82 Å². The van der Waals surface area contributed by atoms with Crippen LogP contribution in [0.1, 0.15) is 18.9 Å². The van der Waals surface area contributed by atoms with Gasteiger partial charge >= 0.3 is 0 Å². The SMILES string of the molecule is CC1(Nc2ncccc2C#N)CCOC1. The Hall–Kier alpha value is -1.60. The van der Waals surface area contributed by atoms with Crippen LogP contribution in [0.4, 0.5) is 5.82 Å². The molecule has 1 aromatic rings. The number of hydrogen-bond acceptors (Lipinski definition) is 4. The molecule has 1 atom stereocenters. The van der Waals surface area contributed by atoms with Gasteiger partial charge in [-0.25, -0.2) is 4.98 Å². The summed E-state index contributed by atoms with van der Waals surface area (Å²) in [5.74, 6) is 0.646. The van der Waals surface area contributed by atoms with Crippen LogP contribution in [-0.4, -0.2) is 23.7 Å². The van der Waals surface area contributed by atoms with Gasteiger partial charge in [-0.15, -0.1) is 0 Å².